The highest BCUT2D eigenvalue weighted by Gasteiger charge is 2.13. The van der Waals surface area contributed by atoms with E-state index in [1.165, 1.54) is 0 Å². The van der Waals surface area contributed by atoms with Gasteiger partial charge in [-0.15, -0.1) is 10.2 Å². The summed E-state index contributed by atoms with van der Waals surface area (Å²) in [6.45, 7) is 3.84. The van der Waals surface area contributed by atoms with Crippen LogP contribution in [0.15, 0.2) is 40.9 Å². The van der Waals surface area contributed by atoms with Crippen LogP contribution in [0.4, 0.5) is 5.69 Å². The predicted octanol–water partition coefficient (Wildman–Crippen LogP) is 2.94. The van der Waals surface area contributed by atoms with Crippen molar-refractivity contribution in [2.24, 2.45) is 0 Å². The molecule has 2 heterocycles. The summed E-state index contributed by atoms with van der Waals surface area (Å²) in [5.74, 6) is 1.07. The van der Waals surface area contributed by atoms with Crippen molar-refractivity contribution in [3.05, 3.63) is 48.1 Å². The first-order chi connectivity index (χ1) is 9.74. The van der Waals surface area contributed by atoms with Gasteiger partial charge in [0.05, 0.1) is 17.3 Å². The van der Waals surface area contributed by atoms with Gasteiger partial charge in [0.1, 0.15) is 0 Å². The highest BCUT2D eigenvalue weighted by atomic mass is 16.4. The molecule has 0 radical (unpaired) electrons. The standard InChI is InChI=1S/C14H15N5O/c1-9(12-7-8-15-18-12)16-13-6-4-3-5-11(13)14-19-17-10(2)20-14/h3-9,16H,1-2H3,(H,15,18). The van der Waals surface area contributed by atoms with Crippen molar-refractivity contribution in [2.45, 2.75) is 19.9 Å². The van der Waals surface area contributed by atoms with Gasteiger partial charge in [-0.1, -0.05) is 12.1 Å². The summed E-state index contributed by atoms with van der Waals surface area (Å²) >= 11 is 0. The molecule has 3 aromatic rings. The Labute approximate surface area is 116 Å². The number of nitrogens with one attached hydrogen (secondary N) is 2. The van der Waals surface area contributed by atoms with Crippen LogP contribution in [0.25, 0.3) is 11.5 Å². The number of H-pyrrole nitrogens is 1. The van der Waals surface area contributed by atoms with Gasteiger partial charge in [-0.2, -0.15) is 5.10 Å². The zero-order chi connectivity index (χ0) is 13.9. The molecule has 0 fully saturated rings. The molecule has 0 aliphatic heterocycles. The van der Waals surface area contributed by atoms with Crippen LogP contribution < -0.4 is 5.32 Å². The average Bonchev–Trinajstić information content (AvgIpc) is 3.10. The largest absolute Gasteiger partial charge is 0.421 e. The van der Waals surface area contributed by atoms with Gasteiger partial charge in [0.15, 0.2) is 0 Å². The zero-order valence-electron chi connectivity index (χ0n) is 11.3. The van der Waals surface area contributed by atoms with Crippen LogP contribution in [-0.2, 0) is 0 Å². The minimum Gasteiger partial charge on any atom is -0.421 e. The van der Waals surface area contributed by atoms with Gasteiger partial charge in [-0.3, -0.25) is 5.10 Å². The summed E-state index contributed by atoms with van der Waals surface area (Å²) in [7, 11) is 0. The molecule has 2 N–H and O–H groups in total. The Kier molecular flexibility index (Phi) is 3.20. The Morgan fingerprint density at radius 2 is 2.05 bits per heavy atom. The lowest BCUT2D eigenvalue weighted by atomic mass is 10.1. The molecule has 3 rings (SSSR count). The number of rotatable bonds is 4. The topological polar surface area (TPSA) is 79.6 Å². The number of hydrogen-bond donors (Lipinski definition) is 2. The third-order valence-electron chi connectivity index (χ3n) is 3.04. The predicted molar refractivity (Wildman–Crippen MR) is 75.1 cm³/mol. The number of hydrogen-bond acceptors (Lipinski definition) is 5. The molecule has 1 atom stereocenters. The lowest BCUT2D eigenvalue weighted by molar-refractivity contribution is 0.533. The van der Waals surface area contributed by atoms with E-state index < -0.39 is 0 Å². The molecular formula is C14H15N5O. The maximum Gasteiger partial charge on any atom is 0.249 e. The van der Waals surface area contributed by atoms with E-state index in [0.717, 1.165) is 16.9 Å². The van der Waals surface area contributed by atoms with E-state index in [1.807, 2.05) is 30.3 Å². The molecule has 102 valence electrons. The Bertz CT molecular complexity index is 689. The monoisotopic (exact) mass is 269 g/mol. The lowest BCUT2D eigenvalue weighted by Gasteiger charge is -2.15. The lowest BCUT2D eigenvalue weighted by Crippen LogP contribution is -2.08. The first-order valence-corrected chi connectivity index (χ1v) is 6.39. The number of benzene rings is 1. The molecule has 20 heavy (non-hydrogen) atoms. The number of para-hydroxylation sites is 1. The molecule has 1 unspecified atom stereocenters. The number of aryl methyl sites for hydroxylation is 1. The van der Waals surface area contributed by atoms with E-state index in [-0.39, 0.29) is 6.04 Å². The third kappa shape index (κ3) is 2.40. The molecule has 6 heteroatoms. The van der Waals surface area contributed by atoms with Crippen molar-refractivity contribution in [1.29, 1.82) is 0 Å². The molecule has 0 aliphatic carbocycles. The van der Waals surface area contributed by atoms with Crippen LogP contribution in [0.1, 0.15) is 24.6 Å². The second kappa shape index (κ2) is 5.16. The molecule has 6 nitrogen and oxygen atoms in total. The van der Waals surface area contributed by atoms with E-state index >= 15 is 0 Å². The van der Waals surface area contributed by atoms with Crippen molar-refractivity contribution in [3.8, 4) is 11.5 Å². The molecule has 1 aromatic carbocycles. The summed E-state index contributed by atoms with van der Waals surface area (Å²) in [5.41, 5.74) is 2.85. The fourth-order valence-electron chi connectivity index (χ4n) is 2.02. The summed E-state index contributed by atoms with van der Waals surface area (Å²) in [6, 6.07) is 9.89. The first kappa shape index (κ1) is 12.4. The molecule has 2 aromatic heterocycles. The number of aromatic nitrogens is 4. The zero-order valence-corrected chi connectivity index (χ0v) is 11.3. The number of aromatic amines is 1. The van der Waals surface area contributed by atoms with Gasteiger partial charge in [0.25, 0.3) is 0 Å². The van der Waals surface area contributed by atoms with Crippen molar-refractivity contribution in [2.75, 3.05) is 5.32 Å². The van der Waals surface area contributed by atoms with Gasteiger partial charge < -0.3 is 9.73 Å². The van der Waals surface area contributed by atoms with E-state index in [4.69, 9.17) is 4.42 Å². The van der Waals surface area contributed by atoms with E-state index in [1.54, 1.807) is 13.1 Å². The van der Waals surface area contributed by atoms with Gasteiger partial charge in [0.2, 0.25) is 11.8 Å². The minimum absolute atomic E-state index is 0.0997. The van der Waals surface area contributed by atoms with E-state index in [0.29, 0.717) is 11.8 Å². The van der Waals surface area contributed by atoms with E-state index in [9.17, 15) is 0 Å². The van der Waals surface area contributed by atoms with Gasteiger partial charge in [-0.05, 0) is 25.1 Å². The quantitative estimate of drug-likeness (QED) is 0.761. The van der Waals surface area contributed by atoms with Gasteiger partial charge in [0, 0.05) is 18.8 Å². The molecule has 0 bridgehead atoms. The average molecular weight is 269 g/mol. The second-order valence-electron chi connectivity index (χ2n) is 4.55. The number of nitrogens with zero attached hydrogens (tertiary/aromatic N) is 3. The van der Waals surface area contributed by atoms with Crippen LogP contribution >= 0.6 is 0 Å². The SMILES string of the molecule is Cc1nnc(-c2ccccc2NC(C)c2ccn[nH]2)o1. The van der Waals surface area contributed by atoms with Crippen molar-refractivity contribution < 1.29 is 4.42 Å². The highest BCUT2D eigenvalue weighted by Crippen LogP contribution is 2.29. The smallest absolute Gasteiger partial charge is 0.249 e. The van der Waals surface area contributed by atoms with Crippen LogP contribution in [0.3, 0.4) is 0 Å². The van der Waals surface area contributed by atoms with Crippen LogP contribution in [0.5, 0.6) is 0 Å². The summed E-state index contributed by atoms with van der Waals surface area (Å²) in [5, 5.41) is 18.3. The van der Waals surface area contributed by atoms with Crippen molar-refractivity contribution >= 4 is 5.69 Å². The van der Waals surface area contributed by atoms with Gasteiger partial charge in [-0.25, -0.2) is 0 Å². The molecule has 0 aliphatic rings. The molecular weight excluding hydrogens is 254 g/mol. The maximum atomic E-state index is 5.50. The summed E-state index contributed by atoms with van der Waals surface area (Å²) in [4.78, 5) is 0. The molecule has 0 saturated carbocycles. The first-order valence-electron chi connectivity index (χ1n) is 6.39. The van der Waals surface area contributed by atoms with Crippen LogP contribution in [-0.4, -0.2) is 20.4 Å². The van der Waals surface area contributed by atoms with E-state index in [2.05, 4.69) is 32.6 Å². The Morgan fingerprint density at radius 3 is 2.75 bits per heavy atom. The van der Waals surface area contributed by atoms with Crippen LogP contribution in [0.2, 0.25) is 0 Å². The van der Waals surface area contributed by atoms with Gasteiger partial charge >= 0.3 is 0 Å². The highest BCUT2D eigenvalue weighted by molar-refractivity contribution is 5.72. The van der Waals surface area contributed by atoms with Crippen LogP contribution in [0, 0.1) is 6.92 Å². The summed E-state index contributed by atoms with van der Waals surface area (Å²) in [6.07, 6.45) is 1.74. The summed E-state index contributed by atoms with van der Waals surface area (Å²) < 4.78 is 5.50. The number of anilines is 1. The molecule has 0 saturated heterocycles. The third-order valence-corrected chi connectivity index (χ3v) is 3.04. The minimum atomic E-state index is 0.0997. The second-order valence-corrected chi connectivity index (χ2v) is 4.55. The molecule has 0 amide bonds. The normalized spacial score (nSPS) is 12.3. The Balaban J connectivity index is 1.90. The molecule has 0 spiro atoms. The fourth-order valence-corrected chi connectivity index (χ4v) is 2.02. The fraction of sp³-hybridized carbons (Fsp3) is 0.214. The maximum absolute atomic E-state index is 5.50. The van der Waals surface area contributed by atoms with Crippen molar-refractivity contribution in [1.82, 2.24) is 20.4 Å². The Morgan fingerprint density at radius 1 is 1.20 bits per heavy atom. The van der Waals surface area contributed by atoms with Crippen molar-refractivity contribution in [3.63, 3.8) is 0 Å². The Hall–Kier alpha value is -2.63.